The molecule has 13 heavy (non-hydrogen) atoms. The Morgan fingerprint density at radius 3 is 2.92 bits per heavy atom. The second kappa shape index (κ2) is 3.18. The standard InChI is InChI=1S/C9H12N2OS/c1-11-7-5-3-4-6(7)8(13-2)10-9(11)12/h3-5H2,1-2H3. The lowest BCUT2D eigenvalue weighted by molar-refractivity contribution is 0.727. The second-order valence-corrected chi connectivity index (χ2v) is 4.04. The van der Waals surface area contributed by atoms with E-state index >= 15 is 0 Å². The highest BCUT2D eigenvalue weighted by Crippen LogP contribution is 2.26. The van der Waals surface area contributed by atoms with Crippen molar-refractivity contribution in [3.63, 3.8) is 0 Å². The third-order valence-corrected chi connectivity index (χ3v) is 3.25. The van der Waals surface area contributed by atoms with Crippen LogP contribution in [-0.2, 0) is 19.9 Å². The van der Waals surface area contributed by atoms with Gasteiger partial charge in [0.1, 0.15) is 5.03 Å². The van der Waals surface area contributed by atoms with Gasteiger partial charge >= 0.3 is 5.69 Å². The largest absolute Gasteiger partial charge is 0.348 e. The molecule has 1 heterocycles. The third kappa shape index (κ3) is 1.29. The summed E-state index contributed by atoms with van der Waals surface area (Å²) in [5.41, 5.74) is 2.35. The number of hydrogen-bond acceptors (Lipinski definition) is 3. The molecule has 0 radical (unpaired) electrons. The number of aromatic nitrogens is 2. The zero-order chi connectivity index (χ0) is 9.42. The van der Waals surface area contributed by atoms with Gasteiger partial charge in [-0.15, -0.1) is 11.8 Å². The molecule has 0 fully saturated rings. The first-order chi connectivity index (χ1) is 6.24. The van der Waals surface area contributed by atoms with Crippen LogP contribution in [0.2, 0.25) is 0 Å². The highest BCUT2D eigenvalue weighted by molar-refractivity contribution is 7.98. The zero-order valence-corrected chi connectivity index (χ0v) is 8.65. The van der Waals surface area contributed by atoms with E-state index in [4.69, 9.17) is 0 Å². The summed E-state index contributed by atoms with van der Waals surface area (Å²) in [6.07, 6.45) is 5.23. The average Bonchev–Trinajstić information content (AvgIpc) is 2.60. The molecule has 0 unspecified atom stereocenters. The number of thioether (sulfide) groups is 1. The molecule has 1 aliphatic carbocycles. The molecular formula is C9H12N2OS. The first-order valence-corrected chi connectivity index (χ1v) is 5.59. The molecule has 0 saturated carbocycles. The van der Waals surface area contributed by atoms with Crippen LogP contribution < -0.4 is 5.69 Å². The van der Waals surface area contributed by atoms with Crippen molar-refractivity contribution in [2.75, 3.05) is 6.26 Å². The average molecular weight is 196 g/mol. The van der Waals surface area contributed by atoms with Crippen molar-refractivity contribution in [3.05, 3.63) is 21.7 Å². The van der Waals surface area contributed by atoms with E-state index in [1.165, 1.54) is 11.3 Å². The van der Waals surface area contributed by atoms with Crippen LogP contribution in [0.3, 0.4) is 0 Å². The first kappa shape index (κ1) is 8.81. The summed E-state index contributed by atoms with van der Waals surface area (Å²) < 4.78 is 1.68. The number of hydrogen-bond donors (Lipinski definition) is 0. The topological polar surface area (TPSA) is 34.9 Å². The quantitative estimate of drug-likeness (QED) is 0.496. The fraction of sp³-hybridized carbons (Fsp3) is 0.556. The predicted octanol–water partition coefficient (Wildman–Crippen LogP) is 0.991. The fourth-order valence-corrected chi connectivity index (χ4v) is 2.48. The fourth-order valence-electron chi connectivity index (χ4n) is 1.84. The highest BCUT2D eigenvalue weighted by Gasteiger charge is 2.19. The van der Waals surface area contributed by atoms with Crippen LogP contribution in [0.4, 0.5) is 0 Å². The van der Waals surface area contributed by atoms with E-state index in [2.05, 4.69) is 4.98 Å². The van der Waals surface area contributed by atoms with Gasteiger partial charge in [0.2, 0.25) is 0 Å². The Morgan fingerprint density at radius 1 is 1.46 bits per heavy atom. The van der Waals surface area contributed by atoms with Crippen molar-refractivity contribution in [2.45, 2.75) is 24.3 Å². The second-order valence-electron chi connectivity index (χ2n) is 3.24. The van der Waals surface area contributed by atoms with Gasteiger partial charge in [0.05, 0.1) is 0 Å². The van der Waals surface area contributed by atoms with Crippen molar-refractivity contribution in [1.82, 2.24) is 9.55 Å². The maximum absolute atomic E-state index is 11.4. The van der Waals surface area contributed by atoms with E-state index in [0.717, 1.165) is 24.3 Å². The summed E-state index contributed by atoms with van der Waals surface area (Å²) >= 11 is 1.57. The zero-order valence-electron chi connectivity index (χ0n) is 7.83. The van der Waals surface area contributed by atoms with Crippen molar-refractivity contribution >= 4 is 11.8 Å². The number of rotatable bonds is 1. The summed E-state index contributed by atoms with van der Waals surface area (Å²) in [5, 5.41) is 0.926. The van der Waals surface area contributed by atoms with Gasteiger partial charge in [0.25, 0.3) is 0 Å². The van der Waals surface area contributed by atoms with Crippen molar-refractivity contribution in [3.8, 4) is 0 Å². The Morgan fingerprint density at radius 2 is 2.23 bits per heavy atom. The summed E-state index contributed by atoms with van der Waals surface area (Å²) in [6, 6.07) is 0. The Balaban J connectivity index is 2.71. The van der Waals surface area contributed by atoms with Gasteiger partial charge < -0.3 is 0 Å². The molecule has 70 valence electrons. The van der Waals surface area contributed by atoms with Gasteiger partial charge in [-0.2, -0.15) is 4.98 Å². The summed E-state index contributed by atoms with van der Waals surface area (Å²) in [7, 11) is 1.81. The predicted molar refractivity (Wildman–Crippen MR) is 53.3 cm³/mol. The lowest BCUT2D eigenvalue weighted by atomic mass is 10.3. The molecule has 0 atom stereocenters. The number of nitrogens with zero attached hydrogens (tertiary/aromatic N) is 2. The molecule has 0 amide bonds. The molecule has 0 saturated heterocycles. The molecular weight excluding hydrogens is 184 g/mol. The smallest absolute Gasteiger partial charge is 0.299 e. The molecule has 0 N–H and O–H groups in total. The molecule has 0 bridgehead atoms. The lowest BCUT2D eigenvalue weighted by Crippen LogP contribution is -2.24. The third-order valence-electron chi connectivity index (χ3n) is 2.53. The monoisotopic (exact) mass is 196 g/mol. The molecule has 0 spiro atoms. The van der Waals surface area contributed by atoms with E-state index in [1.54, 1.807) is 16.3 Å². The van der Waals surface area contributed by atoms with Gasteiger partial charge in [-0.05, 0) is 25.5 Å². The maximum Gasteiger partial charge on any atom is 0.348 e. The maximum atomic E-state index is 11.4. The van der Waals surface area contributed by atoms with Crippen LogP contribution >= 0.6 is 11.8 Å². The van der Waals surface area contributed by atoms with Crippen LogP contribution in [0.1, 0.15) is 17.7 Å². The highest BCUT2D eigenvalue weighted by atomic mass is 32.2. The Labute approximate surface area is 81.2 Å². The molecule has 0 aromatic carbocycles. The molecule has 1 aliphatic rings. The van der Waals surface area contributed by atoms with Gasteiger partial charge in [-0.1, -0.05) is 0 Å². The van der Waals surface area contributed by atoms with Gasteiger partial charge in [-0.3, -0.25) is 4.57 Å². The van der Waals surface area contributed by atoms with E-state index in [1.807, 2.05) is 13.3 Å². The van der Waals surface area contributed by atoms with Crippen LogP contribution in [0.5, 0.6) is 0 Å². The minimum absolute atomic E-state index is 0.120. The van der Waals surface area contributed by atoms with Crippen LogP contribution in [0.15, 0.2) is 9.82 Å². The minimum atomic E-state index is -0.120. The molecule has 1 aromatic rings. The van der Waals surface area contributed by atoms with Crippen molar-refractivity contribution < 1.29 is 0 Å². The van der Waals surface area contributed by atoms with E-state index < -0.39 is 0 Å². The van der Waals surface area contributed by atoms with Crippen molar-refractivity contribution in [1.29, 1.82) is 0 Å². The van der Waals surface area contributed by atoms with Crippen LogP contribution in [-0.4, -0.2) is 15.8 Å². The van der Waals surface area contributed by atoms with E-state index in [9.17, 15) is 4.79 Å². The van der Waals surface area contributed by atoms with Gasteiger partial charge in [0, 0.05) is 18.3 Å². The Hall–Kier alpha value is -0.770. The molecule has 2 rings (SSSR count). The number of fused-ring (bicyclic) bond motifs is 1. The minimum Gasteiger partial charge on any atom is -0.299 e. The molecule has 3 nitrogen and oxygen atoms in total. The van der Waals surface area contributed by atoms with E-state index in [0.29, 0.717) is 0 Å². The van der Waals surface area contributed by atoms with Crippen LogP contribution in [0.25, 0.3) is 0 Å². The molecule has 0 aliphatic heterocycles. The first-order valence-electron chi connectivity index (χ1n) is 4.37. The molecule has 4 heteroatoms. The van der Waals surface area contributed by atoms with E-state index in [-0.39, 0.29) is 5.69 Å². The SMILES string of the molecule is CSc1nc(=O)n(C)c2c1CCC2. The Kier molecular flexibility index (Phi) is 2.15. The van der Waals surface area contributed by atoms with Crippen LogP contribution in [0, 0.1) is 0 Å². The van der Waals surface area contributed by atoms with Gasteiger partial charge in [-0.25, -0.2) is 4.79 Å². The Bertz CT molecular complexity index is 397. The molecule has 1 aromatic heterocycles. The summed E-state index contributed by atoms with van der Waals surface area (Å²) in [5.74, 6) is 0. The summed E-state index contributed by atoms with van der Waals surface area (Å²) in [4.78, 5) is 15.4. The summed E-state index contributed by atoms with van der Waals surface area (Å²) in [6.45, 7) is 0. The normalized spacial score (nSPS) is 14.6. The van der Waals surface area contributed by atoms with Gasteiger partial charge in [0.15, 0.2) is 0 Å². The van der Waals surface area contributed by atoms with Crippen molar-refractivity contribution in [2.24, 2.45) is 7.05 Å². The lowest BCUT2D eigenvalue weighted by Gasteiger charge is -2.08.